The van der Waals surface area contributed by atoms with Crippen LogP contribution in [0.1, 0.15) is 26.5 Å². The lowest BCUT2D eigenvalue weighted by Gasteiger charge is -2.14. The smallest absolute Gasteiger partial charge is 0.293 e. The fourth-order valence-electron chi connectivity index (χ4n) is 2.12. The van der Waals surface area contributed by atoms with E-state index < -0.39 is 0 Å². The molecule has 0 amide bonds. The fraction of sp³-hybridized carbons (Fsp3) is 0.571. The number of hydrogen-bond donors (Lipinski definition) is 1. The molecule has 2 aliphatic rings. The SMILES string of the molecule is CC(C)(C)OC=O.Nc1cnc(C23CN2CCO3)c(Cl)c1. The molecule has 0 spiro atoms. The van der Waals surface area contributed by atoms with E-state index >= 15 is 0 Å². The van der Waals surface area contributed by atoms with Gasteiger partial charge in [0.05, 0.1) is 30.1 Å². The minimum Gasteiger partial charge on any atom is -0.462 e. The number of fused-ring (bicyclic) bond motifs is 1. The number of nitrogens with two attached hydrogens (primary N) is 1. The number of anilines is 1. The van der Waals surface area contributed by atoms with Crippen molar-refractivity contribution in [2.75, 3.05) is 25.4 Å². The van der Waals surface area contributed by atoms with Crippen molar-refractivity contribution in [3.8, 4) is 0 Å². The molecular weight excluding hydrogens is 294 g/mol. The van der Waals surface area contributed by atoms with E-state index in [0.717, 1.165) is 25.4 Å². The molecule has 2 unspecified atom stereocenters. The number of rotatable bonds is 2. The number of nitrogen functional groups attached to an aromatic ring is 1. The van der Waals surface area contributed by atoms with Crippen LogP contribution in [0.5, 0.6) is 0 Å². The van der Waals surface area contributed by atoms with Gasteiger partial charge in [-0.2, -0.15) is 0 Å². The summed E-state index contributed by atoms with van der Waals surface area (Å²) in [4.78, 5) is 16.1. The first-order valence-electron chi connectivity index (χ1n) is 6.70. The van der Waals surface area contributed by atoms with Gasteiger partial charge in [0.15, 0.2) is 5.72 Å². The molecule has 0 radical (unpaired) electrons. The Hall–Kier alpha value is -1.37. The third-order valence-corrected chi connectivity index (χ3v) is 3.44. The van der Waals surface area contributed by atoms with Gasteiger partial charge in [-0.15, -0.1) is 0 Å². The van der Waals surface area contributed by atoms with Crippen LogP contribution >= 0.6 is 11.6 Å². The van der Waals surface area contributed by atoms with E-state index in [4.69, 9.17) is 22.1 Å². The Morgan fingerprint density at radius 3 is 2.67 bits per heavy atom. The van der Waals surface area contributed by atoms with Crippen LogP contribution in [0.4, 0.5) is 5.69 Å². The van der Waals surface area contributed by atoms with Gasteiger partial charge in [-0.25, -0.2) is 0 Å². The van der Waals surface area contributed by atoms with Crippen molar-refractivity contribution >= 4 is 23.8 Å². The molecule has 0 bridgehead atoms. The van der Waals surface area contributed by atoms with Gasteiger partial charge in [-0.3, -0.25) is 14.7 Å². The molecule has 0 aliphatic carbocycles. The molecule has 2 aliphatic heterocycles. The summed E-state index contributed by atoms with van der Waals surface area (Å²) in [5, 5.41) is 0.592. The van der Waals surface area contributed by atoms with Gasteiger partial charge in [0.1, 0.15) is 11.3 Å². The first kappa shape index (κ1) is 16.0. The minimum atomic E-state index is -0.329. The lowest BCUT2D eigenvalue weighted by molar-refractivity contribution is -0.138. The summed E-state index contributed by atoms with van der Waals surface area (Å²) in [6.07, 6.45) is 1.62. The highest BCUT2D eigenvalue weighted by Gasteiger charge is 2.60. The maximum Gasteiger partial charge on any atom is 0.293 e. The third-order valence-electron chi connectivity index (χ3n) is 3.15. The number of aromatic nitrogens is 1. The van der Waals surface area contributed by atoms with Gasteiger partial charge in [-0.05, 0) is 26.8 Å². The number of pyridine rings is 1. The zero-order chi connectivity index (χ0) is 15.7. The second-order valence-electron chi connectivity index (χ2n) is 5.98. The Labute approximate surface area is 129 Å². The molecule has 1 aromatic rings. The average Bonchev–Trinajstić information content (AvgIpc) is 2.90. The van der Waals surface area contributed by atoms with Gasteiger partial charge in [0, 0.05) is 6.54 Å². The summed E-state index contributed by atoms with van der Waals surface area (Å²) < 4.78 is 10.2. The first-order valence-corrected chi connectivity index (χ1v) is 7.08. The standard InChI is InChI=1S/C9H10ClN3O.C5H10O2/c10-7-3-6(11)4-12-8(7)9-5-13(9)1-2-14-9;1-5(2,3)7-4-6/h3-4H,1-2,5,11H2;4H,1-3H3. The zero-order valence-electron chi connectivity index (χ0n) is 12.4. The van der Waals surface area contributed by atoms with Crippen LogP contribution in [-0.4, -0.2) is 41.7 Å². The molecule has 116 valence electrons. The molecule has 2 fully saturated rings. The molecule has 3 rings (SSSR count). The molecule has 0 saturated carbocycles. The largest absolute Gasteiger partial charge is 0.462 e. The molecule has 2 atom stereocenters. The third kappa shape index (κ3) is 3.64. The van der Waals surface area contributed by atoms with Crippen molar-refractivity contribution in [1.29, 1.82) is 0 Å². The van der Waals surface area contributed by atoms with Crippen molar-refractivity contribution in [3.05, 3.63) is 23.0 Å². The van der Waals surface area contributed by atoms with Crippen LogP contribution in [0.2, 0.25) is 5.02 Å². The molecule has 21 heavy (non-hydrogen) atoms. The number of ether oxygens (including phenoxy) is 2. The quantitative estimate of drug-likeness (QED) is 0.662. The lowest BCUT2D eigenvalue weighted by atomic mass is 10.2. The highest BCUT2D eigenvalue weighted by molar-refractivity contribution is 6.31. The van der Waals surface area contributed by atoms with Gasteiger partial charge in [0.25, 0.3) is 6.47 Å². The Morgan fingerprint density at radius 1 is 1.57 bits per heavy atom. The minimum absolute atomic E-state index is 0.318. The van der Waals surface area contributed by atoms with Gasteiger partial charge in [-0.1, -0.05) is 11.6 Å². The molecule has 3 heterocycles. The van der Waals surface area contributed by atoms with E-state index in [1.165, 1.54) is 0 Å². The van der Waals surface area contributed by atoms with E-state index in [9.17, 15) is 4.79 Å². The predicted octanol–water partition coefficient (Wildman–Crippen LogP) is 1.77. The Bertz CT molecular complexity index is 533. The summed E-state index contributed by atoms with van der Waals surface area (Å²) in [5.41, 5.74) is 6.32. The maximum atomic E-state index is 9.60. The highest BCUT2D eigenvalue weighted by Crippen LogP contribution is 2.48. The summed E-state index contributed by atoms with van der Waals surface area (Å²) in [7, 11) is 0. The Kier molecular flexibility index (Phi) is 4.41. The van der Waals surface area contributed by atoms with Crippen LogP contribution < -0.4 is 5.73 Å². The first-order chi connectivity index (χ1) is 9.78. The van der Waals surface area contributed by atoms with Crippen molar-refractivity contribution in [2.24, 2.45) is 0 Å². The number of halogens is 1. The molecular formula is C14H20ClN3O3. The van der Waals surface area contributed by atoms with E-state index in [1.807, 2.05) is 20.8 Å². The van der Waals surface area contributed by atoms with E-state index in [-0.39, 0.29) is 11.3 Å². The number of nitrogens with zero attached hydrogens (tertiary/aromatic N) is 2. The van der Waals surface area contributed by atoms with Crippen molar-refractivity contribution in [1.82, 2.24) is 9.88 Å². The number of morpholine rings is 1. The fourth-order valence-corrected chi connectivity index (χ4v) is 2.44. The normalized spacial score (nSPS) is 26.4. The molecule has 7 heteroatoms. The topological polar surface area (TPSA) is 77.5 Å². The van der Waals surface area contributed by atoms with Crippen LogP contribution in [0.25, 0.3) is 0 Å². The van der Waals surface area contributed by atoms with Crippen LogP contribution in [-0.2, 0) is 20.0 Å². The Balaban J connectivity index is 0.000000199. The summed E-state index contributed by atoms with van der Waals surface area (Å²) in [6.45, 7) is 8.53. The Morgan fingerprint density at radius 2 is 2.29 bits per heavy atom. The van der Waals surface area contributed by atoms with Crippen molar-refractivity contribution in [2.45, 2.75) is 32.1 Å². The summed E-state index contributed by atoms with van der Waals surface area (Å²) in [6, 6.07) is 1.72. The maximum absolute atomic E-state index is 9.60. The van der Waals surface area contributed by atoms with Crippen molar-refractivity contribution < 1.29 is 14.3 Å². The monoisotopic (exact) mass is 313 g/mol. The molecule has 2 N–H and O–H groups in total. The van der Waals surface area contributed by atoms with Gasteiger partial charge >= 0.3 is 0 Å². The molecule has 6 nitrogen and oxygen atoms in total. The zero-order valence-corrected chi connectivity index (χ0v) is 13.2. The summed E-state index contributed by atoms with van der Waals surface area (Å²) in [5.74, 6) is 0. The molecule has 2 saturated heterocycles. The van der Waals surface area contributed by atoms with Gasteiger partial charge < -0.3 is 15.2 Å². The highest BCUT2D eigenvalue weighted by atomic mass is 35.5. The second kappa shape index (κ2) is 5.79. The summed E-state index contributed by atoms with van der Waals surface area (Å²) >= 11 is 6.08. The number of carbonyl (C=O) groups excluding carboxylic acids is 1. The van der Waals surface area contributed by atoms with Gasteiger partial charge in [0.2, 0.25) is 0 Å². The lowest BCUT2D eigenvalue weighted by Crippen LogP contribution is -2.17. The van der Waals surface area contributed by atoms with E-state index in [0.29, 0.717) is 17.2 Å². The molecule has 1 aromatic heterocycles. The predicted molar refractivity (Wildman–Crippen MR) is 79.8 cm³/mol. The second-order valence-corrected chi connectivity index (χ2v) is 6.39. The number of hydrogen-bond acceptors (Lipinski definition) is 6. The van der Waals surface area contributed by atoms with E-state index in [1.54, 1.807) is 12.3 Å². The van der Waals surface area contributed by atoms with E-state index in [2.05, 4.69) is 14.6 Å². The number of carbonyl (C=O) groups is 1. The van der Waals surface area contributed by atoms with Crippen LogP contribution in [0.3, 0.4) is 0 Å². The van der Waals surface area contributed by atoms with Crippen molar-refractivity contribution in [3.63, 3.8) is 0 Å². The average molecular weight is 314 g/mol. The molecule has 0 aromatic carbocycles. The van der Waals surface area contributed by atoms with Crippen LogP contribution in [0, 0.1) is 0 Å². The van der Waals surface area contributed by atoms with Crippen LogP contribution in [0.15, 0.2) is 12.3 Å².